The van der Waals surface area contributed by atoms with Gasteiger partial charge in [-0.2, -0.15) is 13.2 Å². The number of ketones is 2. The molecule has 0 radical (unpaired) electrons. The zero-order chi connectivity index (χ0) is 13.8. The molecule has 0 saturated heterocycles. The standard InChI is InChI=1S/C12H8F3NO2/c1-2-3-8-4-5-9(16-7-8)10(17)6-11(18)12(13,14)15/h4-5,7H,6H2,1H3. The van der Waals surface area contributed by atoms with Crippen LogP contribution in [0.15, 0.2) is 18.3 Å². The highest BCUT2D eigenvalue weighted by atomic mass is 19.4. The molecule has 3 nitrogen and oxygen atoms in total. The summed E-state index contributed by atoms with van der Waals surface area (Å²) in [6, 6.07) is 2.69. The van der Waals surface area contributed by atoms with Crippen molar-refractivity contribution in [2.45, 2.75) is 19.5 Å². The molecule has 0 aromatic carbocycles. The molecule has 6 heteroatoms. The number of hydrogen-bond acceptors (Lipinski definition) is 3. The summed E-state index contributed by atoms with van der Waals surface area (Å²) in [6.07, 6.45) is -4.96. The number of carbonyl (C=O) groups is 2. The third kappa shape index (κ3) is 3.70. The minimum Gasteiger partial charge on any atom is -0.292 e. The lowest BCUT2D eigenvalue weighted by atomic mass is 10.1. The van der Waals surface area contributed by atoms with Gasteiger partial charge in [-0.1, -0.05) is 5.92 Å². The summed E-state index contributed by atoms with van der Waals surface area (Å²) in [5.74, 6) is 2.23. The third-order valence-corrected chi connectivity index (χ3v) is 1.96. The van der Waals surface area contributed by atoms with Crippen LogP contribution in [0.4, 0.5) is 13.2 Å². The van der Waals surface area contributed by atoms with Crippen molar-refractivity contribution in [1.82, 2.24) is 4.98 Å². The summed E-state index contributed by atoms with van der Waals surface area (Å²) in [5.41, 5.74) is 0.352. The summed E-state index contributed by atoms with van der Waals surface area (Å²) in [6.45, 7) is 1.61. The van der Waals surface area contributed by atoms with Crippen LogP contribution in [0.5, 0.6) is 0 Å². The summed E-state index contributed by atoms with van der Waals surface area (Å²) < 4.78 is 35.8. The second-order valence-electron chi connectivity index (χ2n) is 3.33. The molecule has 0 unspecified atom stereocenters. The third-order valence-electron chi connectivity index (χ3n) is 1.96. The van der Waals surface area contributed by atoms with Gasteiger partial charge < -0.3 is 0 Å². The van der Waals surface area contributed by atoms with Crippen molar-refractivity contribution >= 4 is 11.6 Å². The van der Waals surface area contributed by atoms with Crippen LogP contribution in [0.25, 0.3) is 0 Å². The Hall–Kier alpha value is -2.16. The van der Waals surface area contributed by atoms with E-state index in [0.29, 0.717) is 5.56 Å². The minimum absolute atomic E-state index is 0.186. The van der Waals surface area contributed by atoms with Gasteiger partial charge >= 0.3 is 6.18 Å². The molecule has 1 heterocycles. The smallest absolute Gasteiger partial charge is 0.292 e. The van der Waals surface area contributed by atoms with Crippen molar-refractivity contribution in [3.05, 3.63) is 29.6 Å². The lowest BCUT2D eigenvalue weighted by Crippen LogP contribution is -2.25. The number of halogens is 3. The Kier molecular flexibility index (Phi) is 4.21. The second-order valence-corrected chi connectivity index (χ2v) is 3.33. The Morgan fingerprint density at radius 3 is 2.44 bits per heavy atom. The molecule has 0 atom stereocenters. The fourth-order valence-electron chi connectivity index (χ4n) is 1.11. The van der Waals surface area contributed by atoms with E-state index in [1.165, 1.54) is 18.3 Å². The molecule has 0 aliphatic heterocycles. The molecule has 0 spiro atoms. The van der Waals surface area contributed by atoms with Crippen molar-refractivity contribution < 1.29 is 22.8 Å². The largest absolute Gasteiger partial charge is 0.450 e. The molecule has 0 fully saturated rings. The van der Waals surface area contributed by atoms with E-state index >= 15 is 0 Å². The predicted molar refractivity (Wildman–Crippen MR) is 56.8 cm³/mol. The summed E-state index contributed by atoms with van der Waals surface area (Å²) in [7, 11) is 0. The highest BCUT2D eigenvalue weighted by molar-refractivity contribution is 6.08. The van der Waals surface area contributed by atoms with Gasteiger partial charge in [-0.05, 0) is 19.1 Å². The van der Waals surface area contributed by atoms with E-state index in [9.17, 15) is 22.8 Å². The van der Waals surface area contributed by atoms with Crippen LogP contribution in [0.2, 0.25) is 0 Å². The zero-order valence-corrected chi connectivity index (χ0v) is 9.34. The summed E-state index contributed by atoms with van der Waals surface area (Å²) >= 11 is 0. The Morgan fingerprint density at radius 2 is 2.00 bits per heavy atom. The monoisotopic (exact) mass is 255 g/mol. The lowest BCUT2D eigenvalue weighted by Gasteiger charge is -2.03. The second kappa shape index (κ2) is 5.45. The van der Waals surface area contributed by atoms with Crippen LogP contribution in [0.3, 0.4) is 0 Å². The molecule has 1 rings (SSSR count). The number of rotatable bonds is 3. The zero-order valence-electron chi connectivity index (χ0n) is 9.34. The van der Waals surface area contributed by atoms with E-state index in [-0.39, 0.29) is 5.69 Å². The van der Waals surface area contributed by atoms with E-state index in [2.05, 4.69) is 16.8 Å². The minimum atomic E-state index is -5.00. The van der Waals surface area contributed by atoms with Crippen LogP contribution in [0, 0.1) is 11.8 Å². The fourth-order valence-corrected chi connectivity index (χ4v) is 1.11. The first kappa shape index (κ1) is 13.9. The number of nitrogens with zero attached hydrogens (tertiary/aromatic N) is 1. The number of aromatic nitrogens is 1. The highest BCUT2D eigenvalue weighted by Gasteiger charge is 2.39. The Labute approximate surface area is 101 Å². The van der Waals surface area contributed by atoms with Gasteiger partial charge in [-0.25, -0.2) is 0 Å². The molecule has 0 aliphatic carbocycles. The van der Waals surface area contributed by atoms with Crippen LogP contribution >= 0.6 is 0 Å². The van der Waals surface area contributed by atoms with E-state index in [1.807, 2.05) is 0 Å². The van der Waals surface area contributed by atoms with Crippen molar-refractivity contribution in [3.63, 3.8) is 0 Å². The Morgan fingerprint density at radius 1 is 1.33 bits per heavy atom. The predicted octanol–water partition coefficient (Wildman–Crippen LogP) is 2.16. The summed E-state index contributed by atoms with van der Waals surface area (Å²) in [4.78, 5) is 25.6. The Balaban J connectivity index is 2.78. The molecule has 0 amide bonds. The number of Topliss-reactive ketones (excluding diaryl/α,β-unsaturated/α-hetero) is 2. The normalized spacial score (nSPS) is 10.4. The van der Waals surface area contributed by atoms with Gasteiger partial charge in [-0.15, -0.1) is 5.92 Å². The van der Waals surface area contributed by atoms with E-state index in [0.717, 1.165) is 0 Å². The number of hydrogen-bond donors (Lipinski definition) is 0. The number of pyridine rings is 1. The molecular weight excluding hydrogens is 247 g/mol. The van der Waals surface area contributed by atoms with Crippen molar-refractivity contribution in [2.75, 3.05) is 0 Å². The van der Waals surface area contributed by atoms with Crippen molar-refractivity contribution in [2.24, 2.45) is 0 Å². The van der Waals surface area contributed by atoms with E-state index in [4.69, 9.17) is 0 Å². The SMILES string of the molecule is CC#Cc1ccc(C(=O)CC(=O)C(F)(F)F)nc1. The van der Waals surface area contributed by atoms with Gasteiger partial charge in [-0.3, -0.25) is 14.6 Å². The number of carbonyl (C=O) groups excluding carboxylic acids is 2. The Bertz CT molecular complexity index is 521. The molecule has 0 bridgehead atoms. The molecule has 18 heavy (non-hydrogen) atoms. The van der Waals surface area contributed by atoms with Gasteiger partial charge in [0.05, 0.1) is 6.42 Å². The quantitative estimate of drug-likeness (QED) is 0.472. The van der Waals surface area contributed by atoms with Crippen LogP contribution < -0.4 is 0 Å². The van der Waals surface area contributed by atoms with E-state index < -0.39 is 24.2 Å². The van der Waals surface area contributed by atoms with Crippen LogP contribution in [-0.2, 0) is 4.79 Å². The van der Waals surface area contributed by atoms with E-state index in [1.54, 1.807) is 6.92 Å². The molecule has 1 aromatic rings. The van der Waals surface area contributed by atoms with Crippen LogP contribution in [-0.4, -0.2) is 22.7 Å². The van der Waals surface area contributed by atoms with Crippen LogP contribution in [0.1, 0.15) is 29.4 Å². The fraction of sp³-hybridized carbons (Fsp3) is 0.250. The van der Waals surface area contributed by atoms with Gasteiger partial charge in [0.25, 0.3) is 0 Å². The highest BCUT2D eigenvalue weighted by Crippen LogP contribution is 2.18. The first-order chi connectivity index (χ1) is 8.34. The maximum absolute atomic E-state index is 11.9. The summed E-state index contributed by atoms with van der Waals surface area (Å²) in [5, 5.41) is 0. The molecule has 94 valence electrons. The first-order valence-electron chi connectivity index (χ1n) is 4.86. The lowest BCUT2D eigenvalue weighted by molar-refractivity contribution is -0.170. The van der Waals surface area contributed by atoms with Gasteiger partial charge in [0.1, 0.15) is 5.69 Å². The van der Waals surface area contributed by atoms with Crippen molar-refractivity contribution in [1.29, 1.82) is 0 Å². The molecule has 1 aromatic heterocycles. The molecule has 0 aliphatic rings. The maximum atomic E-state index is 11.9. The molecule has 0 N–H and O–H groups in total. The van der Waals surface area contributed by atoms with Gasteiger partial charge in [0, 0.05) is 11.8 Å². The van der Waals surface area contributed by atoms with Gasteiger partial charge in [0.15, 0.2) is 5.78 Å². The molecule has 0 saturated carbocycles. The average molecular weight is 255 g/mol. The first-order valence-corrected chi connectivity index (χ1v) is 4.86. The van der Waals surface area contributed by atoms with Crippen molar-refractivity contribution in [3.8, 4) is 11.8 Å². The number of alkyl halides is 3. The van der Waals surface area contributed by atoms with Gasteiger partial charge in [0.2, 0.25) is 5.78 Å². The maximum Gasteiger partial charge on any atom is 0.450 e. The topological polar surface area (TPSA) is 47.0 Å². The molecular formula is C12H8F3NO2. The average Bonchev–Trinajstić information content (AvgIpc) is 2.29.